The summed E-state index contributed by atoms with van der Waals surface area (Å²) in [5, 5.41) is 7.38. The second-order valence-corrected chi connectivity index (χ2v) is 3.60. The van der Waals surface area contributed by atoms with Gasteiger partial charge in [-0.2, -0.15) is 0 Å². The SMILES string of the molecule is Clc1ccncc1NC1CCNC1. The highest BCUT2D eigenvalue weighted by Crippen LogP contribution is 2.20. The molecule has 2 N–H and O–H groups in total. The number of nitrogens with one attached hydrogen (secondary N) is 2. The van der Waals surface area contributed by atoms with E-state index in [1.165, 1.54) is 0 Å². The molecule has 0 saturated carbocycles. The van der Waals surface area contributed by atoms with Crippen LogP contribution in [0.25, 0.3) is 0 Å². The third kappa shape index (κ3) is 2.11. The minimum Gasteiger partial charge on any atom is -0.379 e. The lowest BCUT2D eigenvalue weighted by Crippen LogP contribution is -2.22. The zero-order valence-electron chi connectivity index (χ0n) is 7.26. The van der Waals surface area contributed by atoms with Gasteiger partial charge in [0.25, 0.3) is 0 Å². The van der Waals surface area contributed by atoms with Crippen molar-refractivity contribution in [3.63, 3.8) is 0 Å². The lowest BCUT2D eigenvalue weighted by atomic mass is 10.2. The fraction of sp³-hybridized carbons (Fsp3) is 0.444. The van der Waals surface area contributed by atoms with E-state index in [4.69, 9.17) is 11.6 Å². The van der Waals surface area contributed by atoms with Gasteiger partial charge in [-0.3, -0.25) is 4.98 Å². The summed E-state index contributed by atoms with van der Waals surface area (Å²) in [5.74, 6) is 0. The number of aromatic nitrogens is 1. The molecule has 1 aromatic heterocycles. The van der Waals surface area contributed by atoms with Crippen molar-refractivity contribution in [2.24, 2.45) is 0 Å². The molecule has 0 aliphatic carbocycles. The largest absolute Gasteiger partial charge is 0.379 e. The highest BCUT2D eigenvalue weighted by atomic mass is 35.5. The maximum atomic E-state index is 5.98. The number of anilines is 1. The zero-order valence-corrected chi connectivity index (χ0v) is 8.01. The summed E-state index contributed by atoms with van der Waals surface area (Å²) in [6.45, 7) is 2.08. The van der Waals surface area contributed by atoms with Crippen molar-refractivity contribution >= 4 is 17.3 Å². The molecule has 13 heavy (non-hydrogen) atoms. The third-order valence-electron chi connectivity index (χ3n) is 2.19. The molecule has 0 aromatic carbocycles. The maximum absolute atomic E-state index is 5.98. The van der Waals surface area contributed by atoms with Crippen LogP contribution >= 0.6 is 11.6 Å². The Kier molecular flexibility index (Phi) is 2.66. The summed E-state index contributed by atoms with van der Waals surface area (Å²) in [6, 6.07) is 2.29. The van der Waals surface area contributed by atoms with Crippen LogP contribution in [0.15, 0.2) is 18.5 Å². The van der Waals surface area contributed by atoms with Crippen LogP contribution in [0.4, 0.5) is 5.69 Å². The molecule has 2 rings (SSSR count). The van der Waals surface area contributed by atoms with Crippen LogP contribution in [0.3, 0.4) is 0 Å². The van der Waals surface area contributed by atoms with Crippen molar-refractivity contribution in [1.29, 1.82) is 0 Å². The van der Waals surface area contributed by atoms with Gasteiger partial charge in [0.1, 0.15) is 0 Å². The molecule has 0 amide bonds. The number of hydrogen-bond acceptors (Lipinski definition) is 3. The van der Waals surface area contributed by atoms with E-state index < -0.39 is 0 Å². The number of hydrogen-bond donors (Lipinski definition) is 2. The van der Waals surface area contributed by atoms with Gasteiger partial charge in [0.2, 0.25) is 0 Å². The molecule has 1 saturated heterocycles. The minimum atomic E-state index is 0.488. The Labute approximate surface area is 82.5 Å². The number of rotatable bonds is 2. The van der Waals surface area contributed by atoms with Gasteiger partial charge in [-0.1, -0.05) is 11.6 Å². The van der Waals surface area contributed by atoms with Gasteiger partial charge in [0.15, 0.2) is 0 Å². The first-order valence-corrected chi connectivity index (χ1v) is 4.81. The first-order valence-electron chi connectivity index (χ1n) is 4.43. The molecule has 0 radical (unpaired) electrons. The Morgan fingerprint density at radius 3 is 3.23 bits per heavy atom. The Morgan fingerprint density at radius 1 is 1.62 bits per heavy atom. The predicted molar refractivity (Wildman–Crippen MR) is 54.1 cm³/mol. The second-order valence-electron chi connectivity index (χ2n) is 3.19. The molecule has 0 spiro atoms. The topological polar surface area (TPSA) is 37.0 Å². The standard InChI is InChI=1S/C9H12ClN3/c10-8-2-4-12-6-9(8)13-7-1-3-11-5-7/h2,4,6-7,11,13H,1,3,5H2. The lowest BCUT2D eigenvalue weighted by molar-refractivity contribution is 0.792. The van der Waals surface area contributed by atoms with Crippen LogP contribution in [0.2, 0.25) is 5.02 Å². The van der Waals surface area contributed by atoms with Crippen molar-refractivity contribution in [2.45, 2.75) is 12.5 Å². The summed E-state index contributed by atoms with van der Waals surface area (Å²) in [7, 11) is 0. The summed E-state index contributed by atoms with van der Waals surface area (Å²) < 4.78 is 0. The molecule has 1 fully saturated rings. The third-order valence-corrected chi connectivity index (χ3v) is 2.52. The van der Waals surface area contributed by atoms with Crippen molar-refractivity contribution in [3.8, 4) is 0 Å². The molecular weight excluding hydrogens is 186 g/mol. The van der Waals surface area contributed by atoms with E-state index in [1.807, 2.05) is 0 Å². The summed E-state index contributed by atoms with van der Waals surface area (Å²) in [5.41, 5.74) is 0.929. The predicted octanol–water partition coefficient (Wildman–Crippen LogP) is 1.51. The van der Waals surface area contributed by atoms with Gasteiger partial charge in [0, 0.05) is 18.8 Å². The number of nitrogens with zero attached hydrogens (tertiary/aromatic N) is 1. The first-order chi connectivity index (χ1) is 6.36. The number of pyridine rings is 1. The highest BCUT2D eigenvalue weighted by molar-refractivity contribution is 6.33. The average molecular weight is 198 g/mol. The Morgan fingerprint density at radius 2 is 2.54 bits per heavy atom. The Bertz CT molecular complexity index is 284. The summed E-state index contributed by atoms with van der Waals surface area (Å²) >= 11 is 5.98. The maximum Gasteiger partial charge on any atom is 0.0718 e. The van der Waals surface area contributed by atoms with E-state index in [0.29, 0.717) is 6.04 Å². The summed E-state index contributed by atoms with van der Waals surface area (Å²) in [6.07, 6.45) is 4.60. The van der Waals surface area contributed by atoms with Crippen molar-refractivity contribution in [1.82, 2.24) is 10.3 Å². The van der Waals surface area contributed by atoms with E-state index in [-0.39, 0.29) is 0 Å². The quantitative estimate of drug-likeness (QED) is 0.755. The molecule has 1 aromatic rings. The fourth-order valence-corrected chi connectivity index (χ4v) is 1.64. The molecular formula is C9H12ClN3. The molecule has 70 valence electrons. The lowest BCUT2D eigenvalue weighted by Gasteiger charge is -2.13. The molecule has 0 bridgehead atoms. The van der Waals surface area contributed by atoms with Crippen LogP contribution < -0.4 is 10.6 Å². The summed E-state index contributed by atoms with van der Waals surface area (Å²) in [4.78, 5) is 4.02. The van der Waals surface area contributed by atoms with Crippen molar-refractivity contribution < 1.29 is 0 Å². The highest BCUT2D eigenvalue weighted by Gasteiger charge is 2.14. The molecule has 4 heteroatoms. The van der Waals surface area contributed by atoms with Gasteiger partial charge in [-0.25, -0.2) is 0 Å². The van der Waals surface area contributed by atoms with Gasteiger partial charge in [0.05, 0.1) is 16.9 Å². The van der Waals surface area contributed by atoms with Crippen LogP contribution in [0.5, 0.6) is 0 Å². The van der Waals surface area contributed by atoms with Crippen LogP contribution in [-0.4, -0.2) is 24.1 Å². The van der Waals surface area contributed by atoms with Crippen molar-refractivity contribution in [3.05, 3.63) is 23.5 Å². The van der Waals surface area contributed by atoms with E-state index >= 15 is 0 Å². The van der Waals surface area contributed by atoms with Gasteiger partial charge < -0.3 is 10.6 Å². The van der Waals surface area contributed by atoms with Crippen LogP contribution in [-0.2, 0) is 0 Å². The Hall–Kier alpha value is -0.800. The smallest absolute Gasteiger partial charge is 0.0718 e. The molecule has 1 unspecified atom stereocenters. The number of halogens is 1. The van der Waals surface area contributed by atoms with Crippen molar-refractivity contribution in [2.75, 3.05) is 18.4 Å². The van der Waals surface area contributed by atoms with E-state index in [1.54, 1.807) is 18.5 Å². The monoisotopic (exact) mass is 197 g/mol. The molecule has 1 atom stereocenters. The zero-order chi connectivity index (χ0) is 9.10. The van der Waals surface area contributed by atoms with E-state index in [2.05, 4.69) is 15.6 Å². The van der Waals surface area contributed by atoms with E-state index in [0.717, 1.165) is 30.2 Å². The van der Waals surface area contributed by atoms with E-state index in [9.17, 15) is 0 Å². The molecule has 2 heterocycles. The van der Waals surface area contributed by atoms with Gasteiger partial charge in [-0.15, -0.1) is 0 Å². The van der Waals surface area contributed by atoms with Gasteiger partial charge >= 0.3 is 0 Å². The second kappa shape index (κ2) is 3.94. The molecule has 1 aliphatic rings. The van der Waals surface area contributed by atoms with Crippen LogP contribution in [0.1, 0.15) is 6.42 Å². The van der Waals surface area contributed by atoms with Gasteiger partial charge in [-0.05, 0) is 19.0 Å². The normalized spacial score (nSPS) is 21.8. The van der Waals surface area contributed by atoms with Crippen LogP contribution in [0, 0.1) is 0 Å². The Balaban J connectivity index is 2.04. The molecule has 3 nitrogen and oxygen atoms in total. The average Bonchev–Trinajstić information content (AvgIpc) is 2.61. The molecule has 1 aliphatic heterocycles. The fourth-order valence-electron chi connectivity index (χ4n) is 1.48. The minimum absolute atomic E-state index is 0.488. The first kappa shape index (κ1) is 8.78.